The van der Waals surface area contributed by atoms with Crippen LogP contribution in [0.4, 0.5) is 0 Å². The molecule has 1 fully saturated rings. The van der Waals surface area contributed by atoms with Crippen LogP contribution in [0.2, 0.25) is 0 Å². The molecule has 2 atom stereocenters. The zero-order chi connectivity index (χ0) is 24.7. The smallest absolute Gasteiger partial charge is 0.286 e. The van der Waals surface area contributed by atoms with E-state index in [-0.39, 0.29) is 54.8 Å². The molecule has 1 amide bonds. The normalized spacial score (nSPS) is 21.1. The standard InChI is InChI=1S/C24H36N2O7S/c1-17(2)18-15-22(24(28)25-19-5-4-6-19)33-23(16-18)32-14-12-26(11-13-27)34(29,30)21-9-7-20(31-3)8-10-21/h7-10,15,17-19,23,27H,4-6,11-14,16H2,1-3H3,(H,25,28)/t18-,23+/m0/s1. The lowest BCUT2D eigenvalue weighted by Crippen LogP contribution is -2.42. The van der Waals surface area contributed by atoms with Crippen LogP contribution in [0, 0.1) is 11.8 Å². The summed E-state index contributed by atoms with van der Waals surface area (Å²) in [4.78, 5) is 12.7. The zero-order valence-electron chi connectivity index (χ0n) is 20.1. The van der Waals surface area contributed by atoms with Crippen LogP contribution in [0.5, 0.6) is 5.75 Å². The maximum absolute atomic E-state index is 13.0. The SMILES string of the molecule is COc1ccc(S(=O)(=O)N(CCO)CCO[C@H]2C[C@@H](C(C)C)C=C(C(=O)NC3CCC3)O2)cc1. The molecule has 0 spiro atoms. The summed E-state index contributed by atoms with van der Waals surface area (Å²) in [5.41, 5.74) is 0. The Morgan fingerprint density at radius 1 is 1.24 bits per heavy atom. The molecule has 1 heterocycles. The molecule has 9 nitrogen and oxygen atoms in total. The highest BCUT2D eigenvalue weighted by molar-refractivity contribution is 7.89. The molecule has 3 rings (SSSR count). The second-order valence-electron chi connectivity index (χ2n) is 9.00. The molecular formula is C24H36N2O7S. The molecule has 1 aliphatic heterocycles. The molecule has 0 unspecified atom stereocenters. The number of carbonyl (C=O) groups is 1. The number of aliphatic hydroxyl groups excluding tert-OH is 1. The summed E-state index contributed by atoms with van der Waals surface area (Å²) in [7, 11) is -2.32. The van der Waals surface area contributed by atoms with Gasteiger partial charge in [-0.05, 0) is 61.4 Å². The van der Waals surface area contributed by atoms with Crippen LogP contribution in [-0.2, 0) is 24.3 Å². The largest absolute Gasteiger partial charge is 0.497 e. The summed E-state index contributed by atoms with van der Waals surface area (Å²) in [5.74, 6) is 0.989. The van der Waals surface area contributed by atoms with Gasteiger partial charge in [-0.15, -0.1) is 0 Å². The molecular weight excluding hydrogens is 460 g/mol. The van der Waals surface area contributed by atoms with E-state index in [9.17, 15) is 18.3 Å². The van der Waals surface area contributed by atoms with Crippen molar-refractivity contribution in [2.75, 3.05) is 33.4 Å². The van der Waals surface area contributed by atoms with E-state index >= 15 is 0 Å². The molecule has 1 aliphatic carbocycles. The van der Waals surface area contributed by atoms with Gasteiger partial charge in [0, 0.05) is 25.6 Å². The van der Waals surface area contributed by atoms with Crippen molar-refractivity contribution in [1.29, 1.82) is 0 Å². The van der Waals surface area contributed by atoms with E-state index in [1.165, 1.54) is 23.5 Å². The number of nitrogens with zero attached hydrogens (tertiary/aromatic N) is 1. The fraction of sp³-hybridized carbons (Fsp3) is 0.625. The lowest BCUT2D eigenvalue weighted by atomic mass is 9.89. The van der Waals surface area contributed by atoms with Gasteiger partial charge in [0.15, 0.2) is 5.76 Å². The summed E-state index contributed by atoms with van der Waals surface area (Å²) in [6.07, 6.45) is 4.87. The first kappa shape index (κ1) is 26.5. The van der Waals surface area contributed by atoms with Crippen molar-refractivity contribution in [3.63, 3.8) is 0 Å². The van der Waals surface area contributed by atoms with Gasteiger partial charge >= 0.3 is 0 Å². The number of hydrogen-bond acceptors (Lipinski definition) is 7. The molecule has 1 saturated carbocycles. The van der Waals surface area contributed by atoms with Crippen LogP contribution in [0.15, 0.2) is 41.0 Å². The summed E-state index contributed by atoms with van der Waals surface area (Å²) in [6, 6.07) is 6.28. The average molecular weight is 497 g/mol. The summed E-state index contributed by atoms with van der Waals surface area (Å²) < 4.78 is 44.1. The minimum Gasteiger partial charge on any atom is -0.497 e. The first-order valence-electron chi connectivity index (χ1n) is 11.8. The topological polar surface area (TPSA) is 114 Å². The Labute approximate surface area is 202 Å². The first-order chi connectivity index (χ1) is 16.2. The van der Waals surface area contributed by atoms with E-state index in [1.54, 1.807) is 12.1 Å². The highest BCUT2D eigenvalue weighted by atomic mass is 32.2. The number of rotatable bonds is 12. The first-order valence-corrected chi connectivity index (χ1v) is 13.2. The number of benzene rings is 1. The van der Waals surface area contributed by atoms with Crippen LogP contribution in [0.3, 0.4) is 0 Å². The van der Waals surface area contributed by atoms with Crippen LogP contribution >= 0.6 is 0 Å². The third-order valence-corrected chi connectivity index (χ3v) is 8.21. The number of hydrogen-bond donors (Lipinski definition) is 2. The Kier molecular flexibility index (Phi) is 9.35. The van der Waals surface area contributed by atoms with Gasteiger partial charge in [0.1, 0.15) is 5.75 Å². The van der Waals surface area contributed by atoms with Crippen molar-refractivity contribution in [2.45, 2.75) is 56.8 Å². The van der Waals surface area contributed by atoms with Crippen molar-refractivity contribution in [2.24, 2.45) is 11.8 Å². The Hall–Kier alpha value is -2.14. The Morgan fingerprint density at radius 3 is 2.50 bits per heavy atom. The molecule has 1 aromatic rings. The van der Waals surface area contributed by atoms with Gasteiger partial charge in [-0.3, -0.25) is 4.79 Å². The van der Waals surface area contributed by atoms with Crippen molar-refractivity contribution in [3.05, 3.63) is 36.1 Å². The molecule has 0 bridgehead atoms. The van der Waals surface area contributed by atoms with Crippen molar-refractivity contribution < 1.29 is 32.5 Å². The number of sulfonamides is 1. The Morgan fingerprint density at radius 2 is 1.94 bits per heavy atom. The van der Waals surface area contributed by atoms with Crippen molar-refractivity contribution >= 4 is 15.9 Å². The zero-order valence-corrected chi connectivity index (χ0v) is 20.9. The van der Waals surface area contributed by atoms with E-state index in [1.807, 2.05) is 6.08 Å². The monoisotopic (exact) mass is 496 g/mol. The fourth-order valence-electron chi connectivity index (χ4n) is 3.87. The Bertz CT molecular complexity index is 943. The lowest BCUT2D eigenvalue weighted by molar-refractivity contribution is -0.151. The summed E-state index contributed by atoms with van der Waals surface area (Å²) in [5, 5.41) is 12.4. The van der Waals surface area contributed by atoms with Crippen LogP contribution in [-0.4, -0.2) is 69.5 Å². The number of nitrogens with one attached hydrogen (secondary N) is 1. The molecule has 34 heavy (non-hydrogen) atoms. The third-order valence-electron chi connectivity index (χ3n) is 6.30. The number of allylic oxidation sites excluding steroid dienone is 1. The number of aliphatic hydroxyl groups is 1. The van der Waals surface area contributed by atoms with Gasteiger partial charge in [-0.1, -0.05) is 13.8 Å². The highest BCUT2D eigenvalue weighted by Crippen LogP contribution is 2.29. The molecule has 0 saturated heterocycles. The molecule has 190 valence electrons. The van der Waals surface area contributed by atoms with E-state index in [0.29, 0.717) is 18.1 Å². The molecule has 2 aliphatic rings. The minimum absolute atomic E-state index is 0.0362. The summed E-state index contributed by atoms with van der Waals surface area (Å²) in [6.45, 7) is 3.87. The second kappa shape index (κ2) is 12.0. The number of carbonyl (C=O) groups excluding carboxylic acids is 1. The van der Waals surface area contributed by atoms with Crippen LogP contribution in [0.25, 0.3) is 0 Å². The van der Waals surface area contributed by atoms with Crippen molar-refractivity contribution in [3.8, 4) is 5.75 Å². The maximum atomic E-state index is 13.0. The van der Waals surface area contributed by atoms with E-state index in [2.05, 4.69) is 19.2 Å². The number of methoxy groups -OCH3 is 1. The second-order valence-corrected chi connectivity index (χ2v) is 10.9. The summed E-state index contributed by atoms with van der Waals surface area (Å²) >= 11 is 0. The molecule has 1 aromatic carbocycles. The van der Waals surface area contributed by atoms with Gasteiger partial charge in [0.05, 0.1) is 25.2 Å². The van der Waals surface area contributed by atoms with Crippen LogP contribution < -0.4 is 10.1 Å². The number of ether oxygens (including phenoxy) is 3. The van der Waals surface area contributed by atoms with Crippen molar-refractivity contribution in [1.82, 2.24) is 9.62 Å². The molecule has 2 N–H and O–H groups in total. The highest BCUT2D eigenvalue weighted by Gasteiger charge is 2.31. The third kappa shape index (κ3) is 6.71. The van der Waals surface area contributed by atoms with Gasteiger partial charge in [-0.2, -0.15) is 4.31 Å². The van der Waals surface area contributed by atoms with Gasteiger partial charge < -0.3 is 24.6 Å². The average Bonchev–Trinajstić information content (AvgIpc) is 2.80. The quantitative estimate of drug-likeness (QED) is 0.456. The van der Waals surface area contributed by atoms with Gasteiger partial charge in [0.2, 0.25) is 16.3 Å². The van der Waals surface area contributed by atoms with Gasteiger partial charge in [-0.25, -0.2) is 8.42 Å². The predicted molar refractivity (Wildman–Crippen MR) is 126 cm³/mol. The predicted octanol–water partition coefficient (Wildman–Crippen LogP) is 2.27. The number of amides is 1. The maximum Gasteiger partial charge on any atom is 0.286 e. The Balaban J connectivity index is 1.61. The van der Waals surface area contributed by atoms with E-state index in [4.69, 9.17) is 14.2 Å². The fourth-order valence-corrected chi connectivity index (χ4v) is 5.28. The molecule has 0 radical (unpaired) electrons. The molecule has 10 heteroatoms. The molecule has 0 aromatic heterocycles. The van der Waals surface area contributed by atoms with E-state index < -0.39 is 16.3 Å². The van der Waals surface area contributed by atoms with Gasteiger partial charge in [0.25, 0.3) is 5.91 Å². The van der Waals surface area contributed by atoms with E-state index in [0.717, 1.165) is 19.3 Å². The van der Waals surface area contributed by atoms with Crippen LogP contribution in [0.1, 0.15) is 39.5 Å². The lowest BCUT2D eigenvalue weighted by Gasteiger charge is -2.33. The minimum atomic E-state index is -3.83.